The summed E-state index contributed by atoms with van der Waals surface area (Å²) in [6, 6.07) is 5.79. The van der Waals surface area contributed by atoms with Crippen LogP contribution in [0.3, 0.4) is 0 Å². The summed E-state index contributed by atoms with van der Waals surface area (Å²) in [7, 11) is 1.59. The molecule has 0 heterocycles. The van der Waals surface area contributed by atoms with Gasteiger partial charge in [-0.1, -0.05) is 17.7 Å². The zero-order valence-electron chi connectivity index (χ0n) is 9.65. The molecule has 0 radical (unpaired) electrons. The molecule has 0 atom stereocenters. The minimum atomic E-state index is -0.707. The molecule has 92 valence electrons. The molecule has 0 spiro atoms. The Balaban J connectivity index is 1.97. The third-order valence-electron chi connectivity index (χ3n) is 3.35. The van der Waals surface area contributed by atoms with Crippen molar-refractivity contribution in [3.8, 4) is 5.75 Å². The first-order valence-corrected chi connectivity index (χ1v) is 6.03. The molecule has 2 rings (SSSR count). The Hall–Kier alpha value is -1.22. The molecule has 0 bridgehead atoms. The Bertz CT molecular complexity index is 425. The Morgan fingerprint density at radius 1 is 1.53 bits per heavy atom. The van der Waals surface area contributed by atoms with E-state index in [1.54, 1.807) is 7.11 Å². The van der Waals surface area contributed by atoms with Crippen LogP contribution >= 0.6 is 11.6 Å². The highest BCUT2D eigenvalue weighted by Crippen LogP contribution is 2.44. The molecular formula is C13H15ClO3. The summed E-state index contributed by atoms with van der Waals surface area (Å²) < 4.78 is 5.10. The SMILES string of the molecule is COc1ccc(C2CC(CC(=O)O)C2)cc1Cl. The lowest BCUT2D eigenvalue weighted by Crippen LogP contribution is -2.24. The van der Waals surface area contributed by atoms with Crippen LogP contribution in [0.4, 0.5) is 0 Å². The fourth-order valence-electron chi connectivity index (χ4n) is 2.36. The molecular weight excluding hydrogens is 240 g/mol. The van der Waals surface area contributed by atoms with Gasteiger partial charge in [0.1, 0.15) is 5.75 Å². The standard InChI is InChI=1S/C13H15ClO3/c1-17-12-3-2-9(7-11(12)14)10-4-8(5-10)6-13(15)16/h2-3,7-8,10H,4-6H2,1H3,(H,15,16). The van der Waals surface area contributed by atoms with Gasteiger partial charge in [0, 0.05) is 6.42 Å². The van der Waals surface area contributed by atoms with Gasteiger partial charge in [0.25, 0.3) is 0 Å². The van der Waals surface area contributed by atoms with Crippen molar-refractivity contribution in [3.63, 3.8) is 0 Å². The molecule has 0 amide bonds. The highest BCUT2D eigenvalue weighted by Gasteiger charge is 2.31. The molecule has 1 fully saturated rings. The predicted octanol–water partition coefficient (Wildman–Crippen LogP) is 3.32. The van der Waals surface area contributed by atoms with E-state index < -0.39 is 5.97 Å². The van der Waals surface area contributed by atoms with Gasteiger partial charge in [0.2, 0.25) is 0 Å². The van der Waals surface area contributed by atoms with Crippen LogP contribution in [0.15, 0.2) is 18.2 Å². The lowest BCUT2D eigenvalue weighted by Gasteiger charge is -2.35. The van der Waals surface area contributed by atoms with Crippen molar-refractivity contribution in [3.05, 3.63) is 28.8 Å². The van der Waals surface area contributed by atoms with Crippen LogP contribution in [0, 0.1) is 5.92 Å². The molecule has 0 aliphatic heterocycles. The quantitative estimate of drug-likeness (QED) is 0.897. The lowest BCUT2D eigenvalue weighted by atomic mass is 9.70. The molecule has 4 heteroatoms. The number of rotatable bonds is 4. The van der Waals surface area contributed by atoms with Gasteiger partial charge >= 0.3 is 5.97 Å². The van der Waals surface area contributed by atoms with Crippen LogP contribution in [0.1, 0.15) is 30.7 Å². The van der Waals surface area contributed by atoms with Crippen molar-refractivity contribution in [2.24, 2.45) is 5.92 Å². The fourth-order valence-corrected chi connectivity index (χ4v) is 2.62. The number of hydrogen-bond donors (Lipinski definition) is 1. The summed E-state index contributed by atoms with van der Waals surface area (Å²) in [5.74, 6) is 0.735. The van der Waals surface area contributed by atoms with Crippen molar-refractivity contribution < 1.29 is 14.6 Å². The number of ether oxygens (including phenoxy) is 1. The van der Waals surface area contributed by atoms with E-state index in [9.17, 15) is 4.79 Å². The van der Waals surface area contributed by atoms with Crippen molar-refractivity contribution in [2.45, 2.75) is 25.2 Å². The molecule has 1 aliphatic rings. The first-order valence-electron chi connectivity index (χ1n) is 5.65. The van der Waals surface area contributed by atoms with Crippen molar-refractivity contribution in [2.75, 3.05) is 7.11 Å². The van der Waals surface area contributed by atoms with E-state index >= 15 is 0 Å². The van der Waals surface area contributed by atoms with Crippen LogP contribution in [0.25, 0.3) is 0 Å². The van der Waals surface area contributed by atoms with E-state index in [0.29, 0.717) is 22.6 Å². The Kier molecular flexibility index (Phi) is 3.57. The highest BCUT2D eigenvalue weighted by atomic mass is 35.5. The minimum Gasteiger partial charge on any atom is -0.495 e. The van der Waals surface area contributed by atoms with E-state index in [1.165, 1.54) is 5.56 Å². The molecule has 3 nitrogen and oxygen atoms in total. The maximum atomic E-state index is 10.5. The van der Waals surface area contributed by atoms with E-state index in [-0.39, 0.29) is 6.42 Å². The van der Waals surface area contributed by atoms with Gasteiger partial charge < -0.3 is 9.84 Å². The van der Waals surface area contributed by atoms with Gasteiger partial charge in [-0.2, -0.15) is 0 Å². The second-order valence-electron chi connectivity index (χ2n) is 4.53. The highest BCUT2D eigenvalue weighted by molar-refractivity contribution is 6.32. The Morgan fingerprint density at radius 2 is 2.24 bits per heavy atom. The molecule has 1 aliphatic carbocycles. The van der Waals surface area contributed by atoms with E-state index in [2.05, 4.69) is 0 Å². The molecule has 1 saturated carbocycles. The van der Waals surface area contributed by atoms with Gasteiger partial charge in [-0.05, 0) is 42.4 Å². The predicted molar refractivity (Wildman–Crippen MR) is 65.7 cm³/mol. The third kappa shape index (κ3) is 2.72. The maximum absolute atomic E-state index is 10.5. The molecule has 17 heavy (non-hydrogen) atoms. The maximum Gasteiger partial charge on any atom is 0.303 e. The van der Waals surface area contributed by atoms with Crippen LogP contribution in [0.2, 0.25) is 5.02 Å². The number of methoxy groups -OCH3 is 1. The number of hydrogen-bond acceptors (Lipinski definition) is 2. The van der Waals surface area contributed by atoms with Gasteiger partial charge in [-0.25, -0.2) is 0 Å². The number of aliphatic carboxylic acids is 1. The molecule has 1 aromatic carbocycles. The van der Waals surface area contributed by atoms with Gasteiger partial charge in [-0.15, -0.1) is 0 Å². The smallest absolute Gasteiger partial charge is 0.303 e. The van der Waals surface area contributed by atoms with Gasteiger partial charge in [0.05, 0.1) is 12.1 Å². The normalized spacial score (nSPS) is 22.9. The number of carbonyl (C=O) groups is 1. The Morgan fingerprint density at radius 3 is 2.76 bits per heavy atom. The minimum absolute atomic E-state index is 0.278. The zero-order chi connectivity index (χ0) is 12.4. The molecule has 1 aromatic rings. The fraction of sp³-hybridized carbons (Fsp3) is 0.462. The van der Waals surface area contributed by atoms with Crippen LogP contribution < -0.4 is 4.74 Å². The summed E-state index contributed by atoms with van der Waals surface area (Å²) in [5, 5.41) is 9.30. The number of halogens is 1. The lowest BCUT2D eigenvalue weighted by molar-refractivity contribution is -0.138. The van der Waals surface area contributed by atoms with Crippen LogP contribution in [-0.2, 0) is 4.79 Å². The summed E-state index contributed by atoms with van der Waals surface area (Å²) in [4.78, 5) is 10.5. The van der Waals surface area contributed by atoms with Crippen LogP contribution in [0.5, 0.6) is 5.75 Å². The van der Waals surface area contributed by atoms with E-state index in [4.69, 9.17) is 21.4 Å². The van der Waals surface area contributed by atoms with E-state index in [1.807, 2.05) is 18.2 Å². The summed E-state index contributed by atoms with van der Waals surface area (Å²) in [6.07, 6.45) is 2.16. The first kappa shape index (κ1) is 12.2. The van der Waals surface area contributed by atoms with Gasteiger partial charge in [0.15, 0.2) is 0 Å². The number of carboxylic acid groups (broad SMARTS) is 1. The second kappa shape index (κ2) is 4.96. The largest absolute Gasteiger partial charge is 0.495 e. The molecule has 0 unspecified atom stereocenters. The van der Waals surface area contributed by atoms with Crippen molar-refractivity contribution >= 4 is 17.6 Å². The average molecular weight is 255 g/mol. The topological polar surface area (TPSA) is 46.5 Å². The first-order chi connectivity index (χ1) is 8.10. The molecule has 0 saturated heterocycles. The number of carboxylic acids is 1. The Labute approximate surface area is 105 Å². The molecule has 0 aromatic heterocycles. The zero-order valence-corrected chi connectivity index (χ0v) is 10.4. The second-order valence-corrected chi connectivity index (χ2v) is 4.93. The molecule has 1 N–H and O–H groups in total. The van der Waals surface area contributed by atoms with Crippen LogP contribution in [-0.4, -0.2) is 18.2 Å². The van der Waals surface area contributed by atoms with Crippen molar-refractivity contribution in [1.29, 1.82) is 0 Å². The number of benzene rings is 1. The summed E-state index contributed by atoms with van der Waals surface area (Å²) in [6.45, 7) is 0. The summed E-state index contributed by atoms with van der Waals surface area (Å²) in [5.41, 5.74) is 1.18. The third-order valence-corrected chi connectivity index (χ3v) is 3.64. The monoisotopic (exact) mass is 254 g/mol. The summed E-state index contributed by atoms with van der Waals surface area (Å²) >= 11 is 6.06. The van der Waals surface area contributed by atoms with Crippen molar-refractivity contribution in [1.82, 2.24) is 0 Å². The van der Waals surface area contributed by atoms with Gasteiger partial charge in [-0.3, -0.25) is 4.79 Å². The average Bonchev–Trinajstić information content (AvgIpc) is 2.22. The van der Waals surface area contributed by atoms with E-state index in [0.717, 1.165) is 12.8 Å².